The highest BCUT2D eigenvalue weighted by molar-refractivity contribution is 5.73. The fourth-order valence-electron chi connectivity index (χ4n) is 1.91. The van der Waals surface area contributed by atoms with Gasteiger partial charge in [0.05, 0.1) is 13.5 Å². The van der Waals surface area contributed by atoms with Gasteiger partial charge in [-0.1, -0.05) is 6.07 Å². The molecule has 1 rings (SSSR count). The number of phenolic OH excluding ortho intramolecular Hbond substituents is 2. The van der Waals surface area contributed by atoms with Crippen LogP contribution >= 0.6 is 0 Å². The average molecular weight is 325 g/mol. The van der Waals surface area contributed by atoms with Gasteiger partial charge in [0.1, 0.15) is 5.60 Å². The number of ether oxygens (including phenoxy) is 2. The maximum Gasteiger partial charge on any atom is 0.407 e. The molecule has 7 heteroatoms. The number of carbonyl (C=O) groups is 2. The molecule has 0 bridgehead atoms. The van der Waals surface area contributed by atoms with Gasteiger partial charge in [-0.2, -0.15) is 0 Å². The van der Waals surface area contributed by atoms with Crippen LogP contribution in [0.2, 0.25) is 0 Å². The predicted molar refractivity (Wildman–Crippen MR) is 83.3 cm³/mol. The summed E-state index contributed by atoms with van der Waals surface area (Å²) < 4.78 is 9.80. The number of nitrogens with one attached hydrogen (secondary N) is 1. The predicted octanol–water partition coefficient (Wildman–Crippen LogP) is 2.10. The number of methoxy groups -OCH3 is 1. The number of carbonyl (C=O) groups excluding carboxylic acids is 2. The van der Waals surface area contributed by atoms with Crippen LogP contribution in [0.1, 0.15) is 32.8 Å². The molecule has 0 spiro atoms. The van der Waals surface area contributed by atoms with Crippen LogP contribution in [-0.4, -0.2) is 41.0 Å². The first-order valence-corrected chi connectivity index (χ1v) is 7.18. The fourth-order valence-corrected chi connectivity index (χ4v) is 1.91. The Morgan fingerprint density at radius 3 is 2.39 bits per heavy atom. The molecule has 0 saturated heterocycles. The lowest BCUT2D eigenvalue weighted by Gasteiger charge is -2.23. The third-order valence-corrected chi connectivity index (χ3v) is 2.88. The average Bonchev–Trinajstić information content (AvgIpc) is 2.40. The maximum atomic E-state index is 11.9. The van der Waals surface area contributed by atoms with Gasteiger partial charge in [-0.3, -0.25) is 4.79 Å². The van der Waals surface area contributed by atoms with Gasteiger partial charge in [-0.15, -0.1) is 0 Å². The summed E-state index contributed by atoms with van der Waals surface area (Å²) in [6.07, 6.45) is -0.422. The summed E-state index contributed by atoms with van der Waals surface area (Å²) in [6, 6.07) is 3.74. The molecular formula is C16H23NO6. The monoisotopic (exact) mass is 325 g/mol. The quantitative estimate of drug-likeness (QED) is 0.565. The van der Waals surface area contributed by atoms with Crippen LogP contribution < -0.4 is 5.32 Å². The molecule has 1 aromatic carbocycles. The van der Waals surface area contributed by atoms with Crippen LogP contribution in [0.5, 0.6) is 11.5 Å². The van der Waals surface area contributed by atoms with E-state index < -0.39 is 23.7 Å². The van der Waals surface area contributed by atoms with Gasteiger partial charge in [0.25, 0.3) is 0 Å². The number of rotatable bonds is 5. The molecule has 1 aromatic rings. The first kappa shape index (κ1) is 18.6. The number of hydrogen-bond donors (Lipinski definition) is 3. The van der Waals surface area contributed by atoms with E-state index in [1.807, 2.05) is 0 Å². The van der Waals surface area contributed by atoms with Crippen molar-refractivity contribution < 1.29 is 29.3 Å². The molecule has 1 unspecified atom stereocenters. The van der Waals surface area contributed by atoms with Crippen molar-refractivity contribution in [1.82, 2.24) is 5.32 Å². The van der Waals surface area contributed by atoms with Crippen molar-refractivity contribution in [3.63, 3.8) is 0 Å². The van der Waals surface area contributed by atoms with E-state index in [-0.39, 0.29) is 24.3 Å². The van der Waals surface area contributed by atoms with E-state index in [0.717, 1.165) is 0 Å². The van der Waals surface area contributed by atoms with E-state index in [4.69, 9.17) is 4.74 Å². The molecule has 7 nitrogen and oxygen atoms in total. The Morgan fingerprint density at radius 1 is 1.22 bits per heavy atom. The highest BCUT2D eigenvalue weighted by Gasteiger charge is 2.22. The van der Waals surface area contributed by atoms with E-state index >= 15 is 0 Å². The normalized spacial score (nSPS) is 12.3. The van der Waals surface area contributed by atoms with Gasteiger partial charge < -0.3 is 25.0 Å². The third-order valence-electron chi connectivity index (χ3n) is 2.88. The summed E-state index contributed by atoms with van der Waals surface area (Å²) in [5.41, 5.74) is -0.0123. The maximum absolute atomic E-state index is 11.9. The van der Waals surface area contributed by atoms with Gasteiger partial charge >= 0.3 is 12.1 Å². The lowest BCUT2D eigenvalue weighted by Crippen LogP contribution is -2.41. The zero-order chi connectivity index (χ0) is 17.6. The number of benzene rings is 1. The zero-order valence-electron chi connectivity index (χ0n) is 13.8. The number of phenols is 2. The molecule has 0 heterocycles. The molecule has 0 fully saturated rings. The van der Waals surface area contributed by atoms with Crippen molar-refractivity contribution in [2.45, 2.75) is 45.3 Å². The lowest BCUT2D eigenvalue weighted by molar-refractivity contribution is -0.141. The van der Waals surface area contributed by atoms with Crippen molar-refractivity contribution in [3.8, 4) is 11.5 Å². The number of esters is 1. The minimum atomic E-state index is -0.656. The molecule has 0 saturated carbocycles. The van der Waals surface area contributed by atoms with Crippen LogP contribution in [0.4, 0.5) is 4.79 Å². The Balaban J connectivity index is 2.81. The molecule has 128 valence electrons. The summed E-state index contributed by atoms with van der Waals surface area (Å²) >= 11 is 0. The molecule has 3 N–H and O–H groups in total. The Morgan fingerprint density at radius 2 is 1.87 bits per heavy atom. The summed E-state index contributed by atoms with van der Waals surface area (Å²) in [5, 5.41) is 21.5. The lowest BCUT2D eigenvalue weighted by atomic mass is 10.0. The highest BCUT2D eigenvalue weighted by Crippen LogP contribution is 2.25. The number of amides is 1. The van der Waals surface area contributed by atoms with Crippen LogP contribution in [0, 0.1) is 0 Å². The minimum Gasteiger partial charge on any atom is -0.504 e. The molecule has 1 atom stereocenters. The molecule has 23 heavy (non-hydrogen) atoms. The van der Waals surface area contributed by atoms with E-state index in [1.54, 1.807) is 26.8 Å². The Kier molecular flexibility index (Phi) is 6.24. The van der Waals surface area contributed by atoms with Gasteiger partial charge in [0.15, 0.2) is 11.5 Å². The third kappa shape index (κ3) is 6.90. The summed E-state index contributed by atoms with van der Waals surface area (Å²) in [7, 11) is 1.26. The molecular weight excluding hydrogens is 302 g/mol. The second kappa shape index (κ2) is 7.71. The van der Waals surface area contributed by atoms with Gasteiger partial charge in [0, 0.05) is 6.04 Å². The van der Waals surface area contributed by atoms with Crippen molar-refractivity contribution in [1.29, 1.82) is 0 Å². The largest absolute Gasteiger partial charge is 0.504 e. The van der Waals surface area contributed by atoms with E-state index in [9.17, 15) is 19.8 Å². The molecule has 0 aromatic heterocycles. The second-order valence-electron chi connectivity index (χ2n) is 6.15. The first-order chi connectivity index (χ1) is 10.6. The first-order valence-electron chi connectivity index (χ1n) is 7.18. The Bertz CT molecular complexity index is 564. The molecule has 0 aliphatic heterocycles. The number of aromatic hydroxyl groups is 2. The SMILES string of the molecule is COC(=O)CC(Cc1ccc(O)c(O)c1)NC(=O)OC(C)(C)C. The summed E-state index contributed by atoms with van der Waals surface area (Å²) in [5.74, 6) is -0.982. The number of hydrogen-bond acceptors (Lipinski definition) is 6. The molecule has 0 aliphatic rings. The minimum absolute atomic E-state index is 0.0443. The summed E-state index contributed by atoms with van der Waals surface area (Å²) in [4.78, 5) is 23.4. The zero-order valence-corrected chi connectivity index (χ0v) is 13.8. The molecule has 0 aliphatic carbocycles. The van der Waals surface area contributed by atoms with Gasteiger partial charge in [-0.05, 0) is 44.9 Å². The Hall–Kier alpha value is -2.44. The van der Waals surface area contributed by atoms with E-state index in [2.05, 4.69) is 10.1 Å². The standard InChI is InChI=1S/C16H23NO6/c1-16(2,3)23-15(21)17-11(9-14(20)22-4)7-10-5-6-12(18)13(19)8-10/h5-6,8,11,18-19H,7,9H2,1-4H3,(H,17,21). The highest BCUT2D eigenvalue weighted by atomic mass is 16.6. The van der Waals surface area contributed by atoms with Crippen LogP contribution in [0.15, 0.2) is 18.2 Å². The van der Waals surface area contributed by atoms with Crippen LogP contribution in [0.25, 0.3) is 0 Å². The topological polar surface area (TPSA) is 105 Å². The van der Waals surface area contributed by atoms with Crippen molar-refractivity contribution in [2.75, 3.05) is 7.11 Å². The van der Waals surface area contributed by atoms with Crippen LogP contribution in [-0.2, 0) is 20.7 Å². The van der Waals surface area contributed by atoms with Crippen molar-refractivity contribution >= 4 is 12.1 Å². The van der Waals surface area contributed by atoms with Crippen LogP contribution in [0.3, 0.4) is 0 Å². The van der Waals surface area contributed by atoms with Crippen molar-refractivity contribution in [2.24, 2.45) is 0 Å². The van der Waals surface area contributed by atoms with E-state index in [1.165, 1.54) is 19.2 Å². The number of alkyl carbamates (subject to hydrolysis) is 1. The molecule has 1 amide bonds. The summed E-state index contributed by atoms with van der Waals surface area (Å²) in [6.45, 7) is 5.21. The second-order valence-corrected chi connectivity index (χ2v) is 6.15. The van der Waals surface area contributed by atoms with Crippen molar-refractivity contribution in [3.05, 3.63) is 23.8 Å². The Labute approximate surface area is 135 Å². The fraction of sp³-hybridized carbons (Fsp3) is 0.500. The van der Waals surface area contributed by atoms with Gasteiger partial charge in [-0.25, -0.2) is 4.79 Å². The van der Waals surface area contributed by atoms with Gasteiger partial charge in [0.2, 0.25) is 0 Å². The smallest absolute Gasteiger partial charge is 0.407 e. The molecule has 0 radical (unpaired) electrons. The van der Waals surface area contributed by atoms with E-state index in [0.29, 0.717) is 5.56 Å².